The number of aliphatic hydroxyl groups is 1. The highest BCUT2D eigenvalue weighted by Crippen LogP contribution is 2.26. The van der Waals surface area contributed by atoms with Crippen molar-refractivity contribution >= 4 is 23.0 Å². The summed E-state index contributed by atoms with van der Waals surface area (Å²) in [5, 5.41) is 12.6. The maximum absolute atomic E-state index is 8.65. The number of benzene rings is 1. The van der Waals surface area contributed by atoms with Crippen molar-refractivity contribution in [1.82, 2.24) is 0 Å². The van der Waals surface area contributed by atoms with Crippen LogP contribution in [0.2, 0.25) is 5.02 Å². The van der Waals surface area contributed by atoms with Crippen LogP contribution in [0.4, 0.5) is 11.4 Å². The lowest BCUT2D eigenvalue weighted by Gasteiger charge is -2.11. The lowest BCUT2D eigenvalue weighted by Crippen LogP contribution is -2.04. The van der Waals surface area contributed by atoms with Crippen LogP contribution >= 0.6 is 11.6 Å². The smallest absolute Gasteiger partial charge is 0.0656 e. The molecule has 1 rings (SSSR count). The molecule has 4 heteroatoms. The average Bonchev–Trinajstić information content (AvgIpc) is 2.30. The van der Waals surface area contributed by atoms with E-state index in [1.807, 2.05) is 19.1 Å². The second-order valence-electron chi connectivity index (χ2n) is 4.25. The van der Waals surface area contributed by atoms with E-state index in [0.717, 1.165) is 43.5 Å². The predicted molar refractivity (Wildman–Crippen MR) is 74.6 cm³/mol. The van der Waals surface area contributed by atoms with Crippen molar-refractivity contribution < 1.29 is 5.11 Å². The van der Waals surface area contributed by atoms with Crippen LogP contribution in [0.5, 0.6) is 0 Å². The molecular formula is C13H21ClN2O. The SMILES string of the molecule is Cc1cc(N)c(Cl)cc1NCCCCCCO. The Morgan fingerprint density at radius 1 is 1.24 bits per heavy atom. The summed E-state index contributed by atoms with van der Waals surface area (Å²) in [5.41, 5.74) is 8.50. The molecule has 0 aliphatic heterocycles. The zero-order valence-electron chi connectivity index (χ0n) is 10.3. The minimum absolute atomic E-state index is 0.292. The lowest BCUT2D eigenvalue weighted by atomic mass is 10.1. The van der Waals surface area contributed by atoms with Crippen molar-refractivity contribution in [2.75, 3.05) is 24.2 Å². The van der Waals surface area contributed by atoms with E-state index in [-0.39, 0.29) is 0 Å². The molecule has 4 N–H and O–H groups in total. The van der Waals surface area contributed by atoms with Crippen LogP contribution < -0.4 is 11.1 Å². The van der Waals surface area contributed by atoms with Crippen LogP contribution in [-0.4, -0.2) is 18.3 Å². The van der Waals surface area contributed by atoms with Crippen molar-refractivity contribution in [1.29, 1.82) is 0 Å². The van der Waals surface area contributed by atoms with Gasteiger partial charge in [-0.05, 0) is 37.5 Å². The maximum atomic E-state index is 8.65. The molecular weight excluding hydrogens is 236 g/mol. The zero-order valence-corrected chi connectivity index (χ0v) is 11.1. The average molecular weight is 257 g/mol. The van der Waals surface area contributed by atoms with Gasteiger partial charge in [0, 0.05) is 18.8 Å². The molecule has 0 bridgehead atoms. The van der Waals surface area contributed by atoms with Gasteiger partial charge in [0.1, 0.15) is 0 Å². The van der Waals surface area contributed by atoms with Gasteiger partial charge in [-0.15, -0.1) is 0 Å². The third-order valence-corrected chi connectivity index (χ3v) is 3.07. The summed E-state index contributed by atoms with van der Waals surface area (Å²) in [6.45, 7) is 3.23. The molecule has 1 aromatic rings. The molecule has 0 aliphatic carbocycles. The van der Waals surface area contributed by atoms with E-state index in [0.29, 0.717) is 17.3 Å². The Kier molecular flexibility index (Phi) is 6.16. The van der Waals surface area contributed by atoms with Crippen molar-refractivity contribution in [3.05, 3.63) is 22.7 Å². The van der Waals surface area contributed by atoms with E-state index >= 15 is 0 Å². The Balaban J connectivity index is 2.34. The van der Waals surface area contributed by atoms with Gasteiger partial charge in [0.25, 0.3) is 0 Å². The minimum Gasteiger partial charge on any atom is -0.398 e. The van der Waals surface area contributed by atoms with Crippen LogP contribution in [0.15, 0.2) is 12.1 Å². The number of nitrogen functional groups attached to an aromatic ring is 1. The third kappa shape index (κ3) is 4.84. The molecule has 0 amide bonds. The molecule has 17 heavy (non-hydrogen) atoms. The predicted octanol–water partition coefficient (Wildman–Crippen LogP) is 3.20. The summed E-state index contributed by atoms with van der Waals surface area (Å²) in [4.78, 5) is 0. The van der Waals surface area contributed by atoms with Gasteiger partial charge in [-0.1, -0.05) is 24.4 Å². The molecule has 0 unspecified atom stereocenters. The number of aryl methyl sites for hydroxylation is 1. The van der Waals surface area contributed by atoms with E-state index in [9.17, 15) is 0 Å². The third-order valence-electron chi connectivity index (χ3n) is 2.74. The first kappa shape index (κ1) is 14.1. The highest BCUT2D eigenvalue weighted by atomic mass is 35.5. The van der Waals surface area contributed by atoms with Crippen molar-refractivity contribution in [3.63, 3.8) is 0 Å². The van der Waals surface area contributed by atoms with Gasteiger partial charge in [0.2, 0.25) is 0 Å². The first-order valence-electron chi connectivity index (χ1n) is 6.05. The van der Waals surface area contributed by atoms with Crippen LogP contribution in [0.3, 0.4) is 0 Å². The number of unbranched alkanes of at least 4 members (excludes halogenated alkanes) is 3. The summed E-state index contributed by atoms with van der Waals surface area (Å²) >= 11 is 5.97. The number of hydrogen-bond acceptors (Lipinski definition) is 3. The molecule has 0 aromatic heterocycles. The van der Waals surface area contributed by atoms with Crippen molar-refractivity contribution in [3.8, 4) is 0 Å². The molecule has 0 atom stereocenters. The highest BCUT2D eigenvalue weighted by Gasteiger charge is 2.02. The molecule has 96 valence electrons. The fraction of sp³-hybridized carbons (Fsp3) is 0.538. The van der Waals surface area contributed by atoms with E-state index in [1.54, 1.807) is 0 Å². The van der Waals surface area contributed by atoms with E-state index in [2.05, 4.69) is 5.32 Å². The highest BCUT2D eigenvalue weighted by molar-refractivity contribution is 6.33. The Morgan fingerprint density at radius 2 is 1.94 bits per heavy atom. The first-order valence-corrected chi connectivity index (χ1v) is 6.43. The molecule has 3 nitrogen and oxygen atoms in total. The number of aliphatic hydroxyl groups excluding tert-OH is 1. The molecule has 0 heterocycles. The van der Waals surface area contributed by atoms with Gasteiger partial charge in [0.05, 0.1) is 10.7 Å². The number of hydrogen-bond donors (Lipinski definition) is 3. The normalized spacial score (nSPS) is 10.5. The molecule has 0 fully saturated rings. The van der Waals surface area contributed by atoms with Gasteiger partial charge in [0.15, 0.2) is 0 Å². The summed E-state index contributed by atoms with van der Waals surface area (Å²) in [5.74, 6) is 0. The lowest BCUT2D eigenvalue weighted by molar-refractivity contribution is 0.283. The number of nitrogens with two attached hydrogens (primary N) is 1. The fourth-order valence-electron chi connectivity index (χ4n) is 1.71. The molecule has 0 saturated carbocycles. The summed E-state index contributed by atoms with van der Waals surface area (Å²) in [6, 6.07) is 3.76. The minimum atomic E-state index is 0.292. The Morgan fingerprint density at radius 3 is 2.65 bits per heavy atom. The number of rotatable bonds is 7. The fourth-order valence-corrected chi connectivity index (χ4v) is 1.87. The van der Waals surface area contributed by atoms with Crippen LogP contribution in [0.25, 0.3) is 0 Å². The second-order valence-corrected chi connectivity index (χ2v) is 4.66. The maximum Gasteiger partial charge on any atom is 0.0656 e. The summed E-state index contributed by atoms with van der Waals surface area (Å²) < 4.78 is 0. The van der Waals surface area contributed by atoms with Gasteiger partial charge < -0.3 is 16.2 Å². The van der Waals surface area contributed by atoms with Crippen LogP contribution in [0.1, 0.15) is 31.2 Å². The first-order chi connectivity index (χ1) is 8.15. The van der Waals surface area contributed by atoms with Gasteiger partial charge in [-0.2, -0.15) is 0 Å². The molecule has 0 saturated heterocycles. The van der Waals surface area contributed by atoms with Crippen LogP contribution in [-0.2, 0) is 0 Å². The largest absolute Gasteiger partial charge is 0.398 e. The van der Waals surface area contributed by atoms with Crippen molar-refractivity contribution in [2.24, 2.45) is 0 Å². The molecule has 0 aliphatic rings. The standard InChI is InChI=1S/C13H21ClN2O/c1-10-8-12(15)11(14)9-13(10)16-6-4-2-3-5-7-17/h8-9,16-17H,2-7,15H2,1H3. The molecule has 0 radical (unpaired) electrons. The zero-order chi connectivity index (χ0) is 12.7. The van der Waals surface area contributed by atoms with Gasteiger partial charge >= 0.3 is 0 Å². The van der Waals surface area contributed by atoms with Crippen molar-refractivity contribution in [2.45, 2.75) is 32.6 Å². The number of nitrogens with one attached hydrogen (secondary N) is 1. The summed E-state index contributed by atoms with van der Waals surface area (Å²) in [7, 11) is 0. The van der Waals surface area contributed by atoms with Crippen LogP contribution in [0, 0.1) is 6.92 Å². The molecule has 0 spiro atoms. The van der Waals surface area contributed by atoms with E-state index < -0.39 is 0 Å². The Hall–Kier alpha value is -0.930. The number of anilines is 2. The topological polar surface area (TPSA) is 58.3 Å². The van der Waals surface area contributed by atoms with Gasteiger partial charge in [-0.3, -0.25) is 0 Å². The van der Waals surface area contributed by atoms with Gasteiger partial charge in [-0.25, -0.2) is 0 Å². The quantitative estimate of drug-likeness (QED) is 0.519. The monoisotopic (exact) mass is 256 g/mol. The second kappa shape index (κ2) is 7.41. The molecule has 1 aromatic carbocycles. The summed E-state index contributed by atoms with van der Waals surface area (Å²) in [6.07, 6.45) is 4.21. The van der Waals surface area contributed by atoms with E-state index in [4.69, 9.17) is 22.4 Å². The van der Waals surface area contributed by atoms with E-state index in [1.165, 1.54) is 0 Å². The number of halogens is 1. The Bertz CT molecular complexity index is 356. The Labute approximate surface area is 108 Å².